The molecule has 4 rings (SSSR count). The van der Waals surface area contributed by atoms with E-state index in [1.165, 1.54) is 12.1 Å². The van der Waals surface area contributed by atoms with E-state index >= 15 is 0 Å². The summed E-state index contributed by atoms with van der Waals surface area (Å²) in [5, 5.41) is 9.74. The summed E-state index contributed by atoms with van der Waals surface area (Å²) in [6.07, 6.45) is -3.73. The number of alkyl halides is 3. The number of hydrogen-bond donors (Lipinski definition) is 4. The van der Waals surface area contributed by atoms with Crippen molar-refractivity contribution in [3.05, 3.63) is 65.2 Å². The normalized spacial score (nSPS) is 25.7. The molecule has 2 heterocycles. The summed E-state index contributed by atoms with van der Waals surface area (Å²) in [5.41, 5.74) is 5.69. The monoisotopic (exact) mass is 431 g/mol. The number of carbonyl (C=O) groups excluding carboxylic acids is 1. The second-order valence-corrected chi connectivity index (χ2v) is 8.04. The van der Waals surface area contributed by atoms with Crippen LogP contribution in [0, 0.1) is 0 Å². The summed E-state index contributed by atoms with van der Waals surface area (Å²) in [6.45, 7) is 2.84. The Morgan fingerprint density at radius 2 is 2.00 bits per heavy atom. The first-order valence-corrected chi connectivity index (χ1v) is 10.1. The van der Waals surface area contributed by atoms with Crippen LogP contribution < -0.4 is 21.7 Å². The molecule has 2 aromatic rings. The van der Waals surface area contributed by atoms with Crippen molar-refractivity contribution in [2.24, 2.45) is 10.7 Å². The summed E-state index contributed by atoms with van der Waals surface area (Å²) < 4.78 is 39.7. The van der Waals surface area contributed by atoms with Crippen molar-refractivity contribution in [3.8, 4) is 0 Å². The van der Waals surface area contributed by atoms with Crippen LogP contribution in [0.25, 0.3) is 0 Å². The molecular formula is C22H24F3N5O. The van der Waals surface area contributed by atoms with Gasteiger partial charge in [-0.3, -0.25) is 4.79 Å². The van der Waals surface area contributed by atoms with Gasteiger partial charge in [-0.1, -0.05) is 30.3 Å². The van der Waals surface area contributed by atoms with E-state index < -0.39 is 23.3 Å². The number of anilines is 1. The maximum Gasteiger partial charge on any atom is 0.416 e. The highest BCUT2D eigenvalue weighted by molar-refractivity contribution is 6.08. The number of para-hydroxylation sites is 1. The third-order valence-electron chi connectivity index (χ3n) is 5.82. The number of nitrogens with two attached hydrogens (primary N) is 1. The molecule has 1 fully saturated rings. The van der Waals surface area contributed by atoms with E-state index in [-0.39, 0.29) is 12.0 Å². The molecule has 1 saturated heterocycles. The number of fused-ring (bicyclic) bond motifs is 1. The molecule has 1 amide bonds. The lowest BCUT2D eigenvalue weighted by Gasteiger charge is -2.37. The van der Waals surface area contributed by atoms with Crippen molar-refractivity contribution in [1.82, 2.24) is 10.6 Å². The van der Waals surface area contributed by atoms with Crippen LogP contribution in [-0.2, 0) is 11.0 Å². The van der Waals surface area contributed by atoms with Crippen molar-refractivity contribution < 1.29 is 18.0 Å². The van der Waals surface area contributed by atoms with Gasteiger partial charge in [0.25, 0.3) is 5.91 Å². The quantitative estimate of drug-likeness (QED) is 0.602. The average molecular weight is 431 g/mol. The first-order valence-electron chi connectivity index (χ1n) is 10.1. The van der Waals surface area contributed by atoms with Crippen molar-refractivity contribution in [1.29, 1.82) is 0 Å². The largest absolute Gasteiger partial charge is 0.416 e. The van der Waals surface area contributed by atoms with Crippen molar-refractivity contribution >= 4 is 17.4 Å². The second-order valence-electron chi connectivity index (χ2n) is 8.04. The number of nitrogens with zero attached hydrogens (tertiary/aromatic N) is 1. The number of carbonyl (C=O) groups is 1. The molecule has 6 nitrogen and oxygen atoms in total. The van der Waals surface area contributed by atoms with Gasteiger partial charge >= 0.3 is 6.18 Å². The zero-order valence-corrected chi connectivity index (χ0v) is 17.0. The summed E-state index contributed by atoms with van der Waals surface area (Å²) in [5.74, 6) is -0.299. The average Bonchev–Trinajstić information content (AvgIpc) is 2.73. The maximum absolute atomic E-state index is 13.2. The van der Waals surface area contributed by atoms with Gasteiger partial charge in [-0.2, -0.15) is 13.2 Å². The van der Waals surface area contributed by atoms with E-state index in [4.69, 9.17) is 5.73 Å². The predicted octanol–water partition coefficient (Wildman–Crippen LogP) is 2.81. The first-order chi connectivity index (χ1) is 14.7. The molecule has 2 aliphatic rings. The van der Waals surface area contributed by atoms with E-state index in [1.807, 2.05) is 24.3 Å². The number of rotatable bonds is 3. The fourth-order valence-corrected chi connectivity index (χ4v) is 4.13. The van der Waals surface area contributed by atoms with E-state index in [0.717, 1.165) is 11.6 Å². The molecule has 0 saturated carbocycles. The zero-order valence-electron chi connectivity index (χ0n) is 17.0. The molecule has 0 radical (unpaired) electrons. The van der Waals surface area contributed by atoms with Crippen LogP contribution in [0.4, 0.5) is 18.9 Å². The number of benzene rings is 2. The van der Waals surface area contributed by atoms with Gasteiger partial charge in [-0.15, -0.1) is 0 Å². The molecular weight excluding hydrogens is 407 g/mol. The summed E-state index contributed by atoms with van der Waals surface area (Å²) in [7, 11) is 0. The van der Waals surface area contributed by atoms with Crippen LogP contribution in [0.5, 0.6) is 0 Å². The number of hydrogen-bond acceptors (Lipinski definition) is 5. The van der Waals surface area contributed by atoms with Crippen LogP contribution in [-0.4, -0.2) is 36.5 Å². The van der Waals surface area contributed by atoms with Gasteiger partial charge in [0, 0.05) is 29.8 Å². The van der Waals surface area contributed by atoms with Gasteiger partial charge < -0.3 is 21.7 Å². The zero-order chi connectivity index (χ0) is 22.2. The molecule has 2 aromatic carbocycles. The number of aliphatic imine (C=N–C) groups is 1. The van der Waals surface area contributed by atoms with Crippen LogP contribution in [0.2, 0.25) is 0 Å². The second kappa shape index (κ2) is 7.88. The Morgan fingerprint density at radius 3 is 2.74 bits per heavy atom. The Hall–Kier alpha value is -3.07. The Balaban J connectivity index is 1.68. The topological polar surface area (TPSA) is 91.5 Å². The lowest BCUT2D eigenvalue weighted by molar-refractivity contribution is -0.137. The van der Waals surface area contributed by atoms with Crippen molar-refractivity contribution in [3.63, 3.8) is 0 Å². The molecule has 0 spiro atoms. The standard InChI is InChI=1S/C22H24F3N5O/c1-21(20(26)31)29-17-8-3-2-7-16(17)19(30-21)28-18-12-27-10-9-15(18)13-5-4-6-14(11-13)22(23,24)25/h2-8,11,15,18,27,29H,9-10,12H2,1H3,(H2,26,31)(H,28,30)/t15-,18+,21?/m1/s1. The minimum absolute atomic E-state index is 0.159. The molecule has 1 unspecified atom stereocenters. The molecule has 5 N–H and O–H groups in total. The molecule has 0 aliphatic carbocycles. The minimum atomic E-state index is -4.40. The Labute approximate surface area is 178 Å². The minimum Gasteiger partial charge on any atom is -0.366 e. The molecule has 0 aromatic heterocycles. The van der Waals surface area contributed by atoms with E-state index in [1.54, 1.807) is 13.0 Å². The Morgan fingerprint density at radius 1 is 1.23 bits per heavy atom. The van der Waals surface area contributed by atoms with Gasteiger partial charge in [-0.25, -0.2) is 4.99 Å². The number of halogens is 3. The number of amidine groups is 1. The highest BCUT2D eigenvalue weighted by Crippen LogP contribution is 2.34. The van der Waals surface area contributed by atoms with Gasteiger partial charge in [0.1, 0.15) is 5.84 Å². The van der Waals surface area contributed by atoms with Gasteiger partial charge in [0.2, 0.25) is 5.66 Å². The van der Waals surface area contributed by atoms with E-state index in [0.29, 0.717) is 36.6 Å². The van der Waals surface area contributed by atoms with E-state index in [2.05, 4.69) is 20.9 Å². The third-order valence-corrected chi connectivity index (χ3v) is 5.82. The third kappa shape index (κ3) is 4.23. The summed E-state index contributed by atoms with van der Waals surface area (Å²) >= 11 is 0. The lowest BCUT2D eigenvalue weighted by Crippen LogP contribution is -2.54. The number of amides is 1. The number of piperidine rings is 1. The van der Waals surface area contributed by atoms with Crippen LogP contribution >= 0.6 is 0 Å². The maximum atomic E-state index is 13.2. The summed E-state index contributed by atoms with van der Waals surface area (Å²) in [6, 6.07) is 12.6. The smallest absolute Gasteiger partial charge is 0.366 e. The highest BCUT2D eigenvalue weighted by atomic mass is 19.4. The van der Waals surface area contributed by atoms with Crippen molar-refractivity contribution in [2.75, 3.05) is 18.4 Å². The molecule has 3 atom stereocenters. The van der Waals surface area contributed by atoms with Crippen LogP contribution in [0.1, 0.15) is 36.0 Å². The first kappa shape index (κ1) is 21.2. The molecule has 0 bridgehead atoms. The van der Waals surface area contributed by atoms with Crippen molar-refractivity contribution in [2.45, 2.75) is 37.1 Å². The van der Waals surface area contributed by atoms with E-state index in [9.17, 15) is 18.0 Å². The lowest BCUT2D eigenvalue weighted by atomic mass is 9.85. The number of nitrogens with one attached hydrogen (secondary N) is 3. The van der Waals surface area contributed by atoms with Gasteiger partial charge in [-0.05, 0) is 43.7 Å². The predicted molar refractivity (Wildman–Crippen MR) is 113 cm³/mol. The molecule has 9 heteroatoms. The fraction of sp³-hybridized carbons (Fsp3) is 0.364. The van der Waals surface area contributed by atoms with Crippen LogP contribution in [0.3, 0.4) is 0 Å². The Bertz CT molecular complexity index is 1020. The molecule has 31 heavy (non-hydrogen) atoms. The fourth-order valence-electron chi connectivity index (χ4n) is 4.13. The van der Waals surface area contributed by atoms with Crippen LogP contribution in [0.15, 0.2) is 53.5 Å². The number of primary amides is 1. The SMILES string of the molecule is CC1(C(N)=O)N=C(N[C@H]2CNCC[C@@H]2c2cccc(C(F)(F)F)c2)c2ccccc2N1. The van der Waals surface area contributed by atoms with Gasteiger partial charge in [0.05, 0.1) is 5.56 Å². The Kier molecular flexibility index (Phi) is 5.38. The molecule has 164 valence electrons. The van der Waals surface area contributed by atoms with Gasteiger partial charge in [0.15, 0.2) is 0 Å². The summed E-state index contributed by atoms with van der Waals surface area (Å²) in [4.78, 5) is 16.6. The molecule has 2 aliphatic heterocycles. The highest BCUT2D eigenvalue weighted by Gasteiger charge is 2.38.